The Morgan fingerprint density at radius 1 is 1.17 bits per heavy atom. The van der Waals surface area contributed by atoms with Gasteiger partial charge in [-0.25, -0.2) is 0 Å². The summed E-state index contributed by atoms with van der Waals surface area (Å²) >= 11 is 0. The van der Waals surface area contributed by atoms with Crippen molar-refractivity contribution in [3.8, 4) is 0 Å². The maximum atomic E-state index is 3.59. The lowest BCUT2D eigenvalue weighted by Gasteiger charge is -2.39. The molecule has 0 amide bonds. The molecule has 1 heterocycles. The molecule has 1 N–H and O–H groups in total. The summed E-state index contributed by atoms with van der Waals surface area (Å²) in [6, 6.07) is 9.56. The average molecular weight is 316 g/mol. The van der Waals surface area contributed by atoms with Gasteiger partial charge in [0.15, 0.2) is 0 Å². The molecule has 3 rings (SSSR count). The fraction of sp³-hybridized carbons (Fsp3) is 0.600. The number of nitrogens with one attached hydrogen (secondary N) is 1. The largest absolute Gasteiger partial charge is 0.326 e. The van der Waals surface area contributed by atoms with Crippen molar-refractivity contribution in [2.45, 2.75) is 58.4 Å². The van der Waals surface area contributed by atoms with Crippen LogP contribution in [0.25, 0.3) is 10.9 Å². The van der Waals surface area contributed by atoms with Crippen molar-refractivity contribution < 1.29 is 0 Å². The maximum absolute atomic E-state index is 3.59. The Bertz CT molecular complexity index is 608. The zero-order valence-electron chi connectivity index (χ0n) is 14.2. The predicted molar refractivity (Wildman–Crippen MR) is 102 cm³/mol. The molecule has 0 atom stereocenters. The first-order valence-electron chi connectivity index (χ1n) is 8.71. The van der Waals surface area contributed by atoms with Gasteiger partial charge in [-0.05, 0) is 50.9 Å². The van der Waals surface area contributed by atoms with Gasteiger partial charge in [0.1, 0.15) is 0 Å². The molecule has 0 saturated heterocycles. The second-order valence-corrected chi connectivity index (χ2v) is 6.87. The zero-order valence-corrected chi connectivity index (χ0v) is 14.2. The minimum atomic E-state index is 0. The minimum Gasteiger partial charge on any atom is -0.326 e. The topological polar surface area (TPSA) is 20.2 Å². The number of aromatic nitrogens is 1. The molecule has 3 nitrogen and oxygen atoms in total. The molecule has 1 aliphatic rings. The molecule has 0 spiro atoms. The quantitative estimate of drug-likeness (QED) is 0.739. The summed E-state index contributed by atoms with van der Waals surface area (Å²) in [5.74, 6) is 0.719. The van der Waals surface area contributed by atoms with Crippen LogP contribution in [0.5, 0.6) is 0 Å². The molecule has 1 fully saturated rings. The second kappa shape index (κ2) is 7.87. The van der Waals surface area contributed by atoms with E-state index in [2.05, 4.69) is 66.5 Å². The highest BCUT2D eigenvalue weighted by atomic mass is 15.4. The van der Waals surface area contributed by atoms with E-state index in [1.807, 2.05) is 0 Å². The van der Waals surface area contributed by atoms with E-state index in [9.17, 15) is 0 Å². The van der Waals surface area contributed by atoms with Crippen molar-refractivity contribution in [1.82, 2.24) is 9.58 Å². The molecular weight excluding hydrogens is 282 g/mol. The van der Waals surface area contributed by atoms with Crippen LogP contribution in [0.1, 0.15) is 57.9 Å². The van der Waals surface area contributed by atoms with Gasteiger partial charge in [0.2, 0.25) is 0 Å². The van der Waals surface area contributed by atoms with Gasteiger partial charge in [-0.3, -0.25) is 4.68 Å². The monoisotopic (exact) mass is 315 g/mol. The van der Waals surface area contributed by atoms with Crippen LogP contribution in [0.15, 0.2) is 30.5 Å². The Morgan fingerprint density at radius 2 is 1.91 bits per heavy atom. The molecule has 128 valence electrons. The van der Waals surface area contributed by atoms with Crippen molar-refractivity contribution in [2.24, 2.45) is 0 Å². The minimum absolute atomic E-state index is 0. The standard InChI is InChI=1S/C19H29N3.CH4/c1-4-5-8-11-20-22-14-18(15-12-16(13-15)21(2)3)17-9-6-7-10-19(17)22;/h6-7,9-10,14-16,20H,4-5,8,11-13H2,1-3H3;1H4. The van der Waals surface area contributed by atoms with Gasteiger partial charge in [-0.2, -0.15) is 0 Å². The van der Waals surface area contributed by atoms with Crippen LogP contribution in [0.3, 0.4) is 0 Å². The highest BCUT2D eigenvalue weighted by Gasteiger charge is 2.33. The maximum Gasteiger partial charge on any atom is 0.0695 e. The third-order valence-corrected chi connectivity index (χ3v) is 5.09. The SMILES string of the molecule is C.CCCCCNn1cc(C2CC(N(C)C)C2)c2ccccc21. The number of benzene rings is 1. The van der Waals surface area contributed by atoms with Gasteiger partial charge in [0.05, 0.1) is 5.52 Å². The van der Waals surface area contributed by atoms with E-state index >= 15 is 0 Å². The molecule has 1 aliphatic carbocycles. The molecule has 3 heteroatoms. The zero-order chi connectivity index (χ0) is 15.5. The average Bonchev–Trinajstić information content (AvgIpc) is 2.81. The summed E-state index contributed by atoms with van der Waals surface area (Å²) in [7, 11) is 4.39. The van der Waals surface area contributed by atoms with Crippen LogP contribution in [0, 0.1) is 0 Å². The molecule has 0 aliphatic heterocycles. The Kier molecular flexibility index (Phi) is 6.11. The third kappa shape index (κ3) is 3.72. The molecule has 1 aromatic heterocycles. The Morgan fingerprint density at radius 3 is 2.61 bits per heavy atom. The molecule has 1 aromatic carbocycles. The summed E-state index contributed by atoms with van der Waals surface area (Å²) in [6.45, 7) is 3.30. The predicted octanol–water partition coefficient (Wildman–Crippen LogP) is 4.82. The molecule has 0 bridgehead atoms. The molecule has 0 radical (unpaired) electrons. The number of hydrogen-bond acceptors (Lipinski definition) is 2. The van der Waals surface area contributed by atoms with Crippen LogP contribution < -0.4 is 5.43 Å². The first-order valence-corrected chi connectivity index (χ1v) is 8.71. The number of fused-ring (bicyclic) bond motifs is 1. The van der Waals surface area contributed by atoms with Crippen LogP contribution in [0.2, 0.25) is 0 Å². The summed E-state index contributed by atoms with van der Waals surface area (Å²) in [5.41, 5.74) is 6.43. The molecule has 1 saturated carbocycles. The number of para-hydroxylation sites is 1. The first kappa shape index (κ1) is 17.9. The van der Waals surface area contributed by atoms with Crippen LogP contribution in [-0.2, 0) is 0 Å². The molecule has 23 heavy (non-hydrogen) atoms. The van der Waals surface area contributed by atoms with E-state index in [-0.39, 0.29) is 7.43 Å². The fourth-order valence-corrected chi connectivity index (χ4v) is 3.50. The van der Waals surface area contributed by atoms with Gasteiger partial charge in [0, 0.05) is 24.2 Å². The number of rotatable bonds is 7. The van der Waals surface area contributed by atoms with E-state index in [1.165, 1.54) is 48.6 Å². The number of hydrogen-bond donors (Lipinski definition) is 1. The fourth-order valence-electron chi connectivity index (χ4n) is 3.50. The third-order valence-electron chi connectivity index (χ3n) is 5.09. The van der Waals surface area contributed by atoms with E-state index in [0.29, 0.717) is 0 Å². The highest BCUT2D eigenvalue weighted by molar-refractivity contribution is 5.85. The van der Waals surface area contributed by atoms with Gasteiger partial charge in [0.25, 0.3) is 0 Å². The molecule has 2 aromatic rings. The normalized spacial score (nSPS) is 20.3. The number of unbranched alkanes of at least 4 members (excludes halogenated alkanes) is 2. The van der Waals surface area contributed by atoms with Crippen LogP contribution in [0.4, 0.5) is 0 Å². The lowest BCUT2D eigenvalue weighted by atomic mass is 9.75. The van der Waals surface area contributed by atoms with Crippen LogP contribution >= 0.6 is 0 Å². The van der Waals surface area contributed by atoms with Gasteiger partial charge in [-0.15, -0.1) is 0 Å². The Balaban J connectivity index is 0.00000192. The number of nitrogens with zero attached hydrogens (tertiary/aromatic N) is 2. The summed E-state index contributed by atoms with van der Waals surface area (Å²) in [5, 5.41) is 1.42. The van der Waals surface area contributed by atoms with Crippen molar-refractivity contribution in [1.29, 1.82) is 0 Å². The van der Waals surface area contributed by atoms with E-state index in [1.54, 1.807) is 0 Å². The second-order valence-electron chi connectivity index (χ2n) is 6.87. The lowest BCUT2D eigenvalue weighted by molar-refractivity contribution is 0.167. The van der Waals surface area contributed by atoms with E-state index < -0.39 is 0 Å². The van der Waals surface area contributed by atoms with Crippen molar-refractivity contribution in [3.63, 3.8) is 0 Å². The van der Waals surface area contributed by atoms with Gasteiger partial charge < -0.3 is 10.3 Å². The van der Waals surface area contributed by atoms with Gasteiger partial charge >= 0.3 is 0 Å². The van der Waals surface area contributed by atoms with Gasteiger partial charge in [-0.1, -0.05) is 45.4 Å². The summed E-state index contributed by atoms with van der Waals surface area (Å²) < 4.78 is 2.25. The van der Waals surface area contributed by atoms with Crippen LogP contribution in [-0.4, -0.2) is 36.3 Å². The summed E-state index contributed by atoms with van der Waals surface area (Å²) in [6.07, 6.45) is 8.73. The highest BCUT2D eigenvalue weighted by Crippen LogP contribution is 2.42. The van der Waals surface area contributed by atoms with Crippen molar-refractivity contribution in [3.05, 3.63) is 36.0 Å². The lowest BCUT2D eigenvalue weighted by Crippen LogP contribution is -2.39. The van der Waals surface area contributed by atoms with E-state index in [0.717, 1.165) is 18.5 Å². The van der Waals surface area contributed by atoms with E-state index in [4.69, 9.17) is 0 Å². The molecular formula is C20H33N3. The Hall–Kier alpha value is -1.48. The van der Waals surface area contributed by atoms with Crippen molar-refractivity contribution >= 4 is 10.9 Å². The summed E-state index contributed by atoms with van der Waals surface area (Å²) in [4.78, 5) is 2.36. The molecule has 0 unspecified atom stereocenters. The smallest absolute Gasteiger partial charge is 0.0695 e. The first-order chi connectivity index (χ1) is 10.7. The Labute approximate surface area is 141 Å². The van der Waals surface area contributed by atoms with Crippen molar-refractivity contribution in [2.75, 3.05) is 26.1 Å².